The number of halogens is 1. The van der Waals surface area contributed by atoms with Crippen LogP contribution in [0.1, 0.15) is 21.5 Å². The molecule has 0 radical (unpaired) electrons. The van der Waals surface area contributed by atoms with Gasteiger partial charge in [-0.1, -0.05) is 0 Å². The summed E-state index contributed by atoms with van der Waals surface area (Å²) in [6.45, 7) is 3.42. The summed E-state index contributed by atoms with van der Waals surface area (Å²) in [7, 11) is 0. The molecule has 0 aliphatic heterocycles. The number of nitro benzene ring substituents is 1. The zero-order valence-corrected chi connectivity index (χ0v) is 13.0. The number of nitrogens with one attached hydrogen (secondary N) is 1. The van der Waals surface area contributed by atoms with Gasteiger partial charge < -0.3 is 5.32 Å². The van der Waals surface area contributed by atoms with Crippen LogP contribution in [-0.4, -0.2) is 15.8 Å². The second-order valence-electron chi connectivity index (χ2n) is 4.53. The predicted octanol–water partition coefficient (Wildman–Crippen LogP) is 3.62. The molecule has 0 atom stereocenters. The SMILES string of the molecule is Cc1cc(C(=O)Nc2ncc(Br)cc2C)ccc1[N+](=O)[O-]. The summed E-state index contributed by atoms with van der Waals surface area (Å²) in [4.78, 5) is 26.6. The van der Waals surface area contributed by atoms with Crippen molar-refractivity contribution in [3.63, 3.8) is 0 Å². The van der Waals surface area contributed by atoms with Crippen molar-refractivity contribution in [2.45, 2.75) is 13.8 Å². The number of aryl methyl sites for hydroxylation is 2. The minimum absolute atomic E-state index is 0.00972. The van der Waals surface area contributed by atoms with Gasteiger partial charge in [0.2, 0.25) is 0 Å². The van der Waals surface area contributed by atoms with Crippen LogP contribution in [0.15, 0.2) is 34.9 Å². The van der Waals surface area contributed by atoms with E-state index in [1.807, 2.05) is 13.0 Å². The molecule has 2 aromatic rings. The van der Waals surface area contributed by atoms with E-state index in [1.165, 1.54) is 18.2 Å². The van der Waals surface area contributed by atoms with Crippen molar-refractivity contribution < 1.29 is 9.72 Å². The van der Waals surface area contributed by atoms with Gasteiger partial charge in [-0.15, -0.1) is 0 Å². The highest BCUT2D eigenvalue weighted by Gasteiger charge is 2.14. The lowest BCUT2D eigenvalue weighted by Gasteiger charge is -2.08. The van der Waals surface area contributed by atoms with Crippen LogP contribution in [0.25, 0.3) is 0 Å². The van der Waals surface area contributed by atoms with Crippen molar-refractivity contribution in [2.24, 2.45) is 0 Å². The van der Waals surface area contributed by atoms with E-state index in [9.17, 15) is 14.9 Å². The lowest BCUT2D eigenvalue weighted by molar-refractivity contribution is -0.385. The maximum Gasteiger partial charge on any atom is 0.272 e. The lowest BCUT2D eigenvalue weighted by atomic mass is 10.1. The molecule has 1 heterocycles. The van der Waals surface area contributed by atoms with Crippen molar-refractivity contribution >= 4 is 33.3 Å². The second kappa shape index (κ2) is 6.01. The van der Waals surface area contributed by atoms with Crippen molar-refractivity contribution in [1.82, 2.24) is 4.98 Å². The Balaban J connectivity index is 2.24. The molecular weight excluding hydrogens is 338 g/mol. The lowest BCUT2D eigenvalue weighted by Crippen LogP contribution is -2.14. The first-order valence-corrected chi connectivity index (χ1v) is 6.86. The predicted molar refractivity (Wildman–Crippen MR) is 82.5 cm³/mol. The normalized spacial score (nSPS) is 10.2. The van der Waals surface area contributed by atoms with E-state index in [0.29, 0.717) is 16.9 Å². The number of benzene rings is 1. The molecular formula is C14H12BrN3O3. The highest BCUT2D eigenvalue weighted by molar-refractivity contribution is 9.10. The Labute approximate surface area is 129 Å². The summed E-state index contributed by atoms with van der Waals surface area (Å²) in [5.74, 6) is 0.102. The molecule has 0 bridgehead atoms. The average molecular weight is 350 g/mol. The Bertz CT molecular complexity index is 731. The molecule has 6 nitrogen and oxygen atoms in total. The molecule has 0 spiro atoms. The van der Waals surface area contributed by atoms with Gasteiger partial charge in [-0.05, 0) is 53.5 Å². The van der Waals surface area contributed by atoms with E-state index in [4.69, 9.17) is 0 Å². The summed E-state index contributed by atoms with van der Waals surface area (Å²) < 4.78 is 0.823. The van der Waals surface area contributed by atoms with Gasteiger partial charge in [-0.2, -0.15) is 0 Å². The number of pyridine rings is 1. The molecule has 1 aromatic heterocycles. The van der Waals surface area contributed by atoms with E-state index < -0.39 is 4.92 Å². The fraction of sp³-hybridized carbons (Fsp3) is 0.143. The monoisotopic (exact) mass is 349 g/mol. The Hall–Kier alpha value is -2.28. The summed E-state index contributed by atoms with van der Waals surface area (Å²) in [5.41, 5.74) is 1.59. The number of carbonyl (C=O) groups is 1. The molecule has 1 N–H and O–H groups in total. The number of hydrogen-bond donors (Lipinski definition) is 1. The van der Waals surface area contributed by atoms with Crippen LogP contribution in [0.3, 0.4) is 0 Å². The summed E-state index contributed by atoms with van der Waals surface area (Å²) in [5, 5.41) is 13.4. The molecule has 0 saturated carbocycles. The van der Waals surface area contributed by atoms with Crippen molar-refractivity contribution in [3.05, 3.63) is 61.7 Å². The number of carbonyl (C=O) groups excluding carboxylic acids is 1. The molecule has 7 heteroatoms. The number of amides is 1. The highest BCUT2D eigenvalue weighted by atomic mass is 79.9. The third-order valence-corrected chi connectivity index (χ3v) is 3.37. The van der Waals surface area contributed by atoms with Crippen LogP contribution < -0.4 is 5.32 Å². The van der Waals surface area contributed by atoms with Gasteiger partial charge in [-0.3, -0.25) is 14.9 Å². The Morgan fingerprint density at radius 3 is 2.57 bits per heavy atom. The topological polar surface area (TPSA) is 85.1 Å². The van der Waals surface area contributed by atoms with Crippen molar-refractivity contribution in [1.29, 1.82) is 0 Å². The third kappa shape index (κ3) is 3.43. The van der Waals surface area contributed by atoms with Gasteiger partial charge in [0.1, 0.15) is 5.82 Å². The first-order valence-electron chi connectivity index (χ1n) is 6.07. The van der Waals surface area contributed by atoms with E-state index in [0.717, 1.165) is 10.0 Å². The number of nitro groups is 1. The number of rotatable bonds is 3. The van der Waals surface area contributed by atoms with Crippen LogP contribution in [-0.2, 0) is 0 Å². The van der Waals surface area contributed by atoms with Gasteiger partial charge in [0, 0.05) is 27.9 Å². The molecule has 0 unspecified atom stereocenters. The van der Waals surface area contributed by atoms with E-state index in [1.54, 1.807) is 13.1 Å². The third-order valence-electron chi connectivity index (χ3n) is 2.93. The van der Waals surface area contributed by atoms with Gasteiger partial charge in [0.25, 0.3) is 11.6 Å². The number of anilines is 1. The van der Waals surface area contributed by atoms with Gasteiger partial charge in [-0.25, -0.2) is 4.98 Å². The Morgan fingerprint density at radius 1 is 1.29 bits per heavy atom. The Kier molecular flexibility index (Phi) is 4.32. The minimum atomic E-state index is -0.475. The van der Waals surface area contributed by atoms with Gasteiger partial charge >= 0.3 is 0 Å². The molecule has 0 aliphatic carbocycles. The molecule has 0 fully saturated rings. The molecule has 1 aromatic carbocycles. The van der Waals surface area contributed by atoms with E-state index in [2.05, 4.69) is 26.2 Å². The first kappa shape index (κ1) is 15.1. The molecule has 21 heavy (non-hydrogen) atoms. The molecule has 2 rings (SSSR count). The van der Waals surface area contributed by atoms with Crippen LogP contribution >= 0.6 is 15.9 Å². The minimum Gasteiger partial charge on any atom is -0.306 e. The first-order chi connectivity index (χ1) is 9.88. The quantitative estimate of drug-likeness (QED) is 0.677. The second-order valence-corrected chi connectivity index (χ2v) is 5.45. The molecule has 0 saturated heterocycles. The fourth-order valence-electron chi connectivity index (χ4n) is 1.85. The average Bonchev–Trinajstić information content (AvgIpc) is 2.41. The fourth-order valence-corrected chi connectivity index (χ4v) is 2.30. The summed E-state index contributed by atoms with van der Waals surface area (Å²) in [6.07, 6.45) is 1.59. The van der Waals surface area contributed by atoms with Crippen LogP contribution in [0, 0.1) is 24.0 Å². The molecule has 108 valence electrons. The summed E-state index contributed by atoms with van der Waals surface area (Å²) >= 11 is 3.30. The van der Waals surface area contributed by atoms with Crippen LogP contribution in [0.4, 0.5) is 11.5 Å². The van der Waals surface area contributed by atoms with Gasteiger partial charge in [0.15, 0.2) is 0 Å². The van der Waals surface area contributed by atoms with Gasteiger partial charge in [0.05, 0.1) is 4.92 Å². The number of hydrogen-bond acceptors (Lipinski definition) is 4. The number of aromatic nitrogens is 1. The zero-order chi connectivity index (χ0) is 15.6. The van der Waals surface area contributed by atoms with E-state index in [-0.39, 0.29) is 11.6 Å². The Morgan fingerprint density at radius 2 is 2.00 bits per heavy atom. The molecule has 1 amide bonds. The molecule has 0 aliphatic rings. The van der Waals surface area contributed by atoms with Crippen molar-refractivity contribution in [3.8, 4) is 0 Å². The van der Waals surface area contributed by atoms with Crippen LogP contribution in [0.2, 0.25) is 0 Å². The largest absolute Gasteiger partial charge is 0.306 e. The number of nitrogens with zero attached hydrogens (tertiary/aromatic N) is 2. The van der Waals surface area contributed by atoms with E-state index >= 15 is 0 Å². The zero-order valence-electron chi connectivity index (χ0n) is 11.4. The standard InChI is InChI=1S/C14H12BrN3O3/c1-8-5-10(3-4-12(8)18(20)21)14(19)17-13-9(2)6-11(15)7-16-13/h3-7H,1-2H3,(H,16,17,19). The smallest absolute Gasteiger partial charge is 0.272 e. The van der Waals surface area contributed by atoms with Crippen molar-refractivity contribution in [2.75, 3.05) is 5.32 Å². The van der Waals surface area contributed by atoms with Crippen LogP contribution in [0.5, 0.6) is 0 Å². The maximum atomic E-state index is 12.2. The maximum absolute atomic E-state index is 12.2. The highest BCUT2D eigenvalue weighted by Crippen LogP contribution is 2.21. The summed E-state index contributed by atoms with van der Waals surface area (Å²) in [6, 6.07) is 6.08.